The number of halogens is 3. The topological polar surface area (TPSA) is 119 Å². The Bertz CT molecular complexity index is 1850. The number of H-pyrrole nitrogens is 1. The highest BCUT2D eigenvalue weighted by Gasteiger charge is 2.59. The zero-order valence-electron chi connectivity index (χ0n) is 26.9. The molecule has 2 fully saturated rings. The van der Waals surface area contributed by atoms with E-state index in [2.05, 4.69) is 20.5 Å². The first-order valence-corrected chi connectivity index (χ1v) is 16.2. The van der Waals surface area contributed by atoms with Gasteiger partial charge in [0.25, 0.3) is 11.8 Å². The number of carbonyl (C=O) groups excluding carboxylic acids is 4. The fraction of sp³-hybridized carbons (Fsp3) is 0.457. The van der Waals surface area contributed by atoms with Gasteiger partial charge in [-0.2, -0.15) is 0 Å². The van der Waals surface area contributed by atoms with E-state index >= 15 is 0 Å². The molecule has 1 spiro atoms. The first kappa shape index (κ1) is 33.1. The van der Waals surface area contributed by atoms with E-state index in [4.69, 9.17) is 6.57 Å². The van der Waals surface area contributed by atoms with Gasteiger partial charge in [0.05, 0.1) is 11.9 Å². The Morgan fingerprint density at radius 2 is 1.88 bits per heavy atom. The molecule has 3 heterocycles. The predicted octanol–water partition coefficient (Wildman–Crippen LogP) is 5.11. The second kappa shape index (κ2) is 12.6. The molecule has 0 unspecified atom stereocenters. The van der Waals surface area contributed by atoms with Crippen LogP contribution in [0.4, 0.5) is 18.9 Å². The van der Waals surface area contributed by atoms with Crippen LogP contribution in [-0.2, 0) is 19.8 Å². The van der Waals surface area contributed by atoms with Crippen LogP contribution < -0.4 is 10.6 Å². The number of carbonyl (C=O) groups is 4. The number of hydrogen-bond donors (Lipinski definition) is 3. The number of fused-ring (bicyclic) bond motifs is 3. The molecule has 10 nitrogen and oxygen atoms in total. The van der Waals surface area contributed by atoms with E-state index in [9.17, 15) is 32.3 Å². The first-order valence-electron chi connectivity index (χ1n) is 16.2. The fourth-order valence-electron chi connectivity index (χ4n) is 7.25. The quantitative estimate of drug-likeness (QED) is 0.218. The zero-order chi connectivity index (χ0) is 34.5. The van der Waals surface area contributed by atoms with Crippen molar-refractivity contribution in [3.63, 3.8) is 0 Å². The highest BCUT2D eigenvalue weighted by atomic mass is 19.2. The minimum atomic E-state index is -1.41. The number of para-hydroxylation sites is 1. The van der Waals surface area contributed by atoms with E-state index in [-0.39, 0.29) is 54.6 Å². The summed E-state index contributed by atoms with van der Waals surface area (Å²) in [7, 11) is 1.49. The maximum Gasteiger partial charge on any atom is 0.302 e. The van der Waals surface area contributed by atoms with E-state index in [1.807, 2.05) is 26.0 Å². The average molecular weight is 663 g/mol. The smallest absolute Gasteiger partial charge is 0.302 e. The van der Waals surface area contributed by atoms with Crippen molar-refractivity contribution in [1.29, 1.82) is 0 Å². The number of anilines is 1. The number of aromatic nitrogens is 1. The van der Waals surface area contributed by atoms with E-state index in [1.54, 1.807) is 12.1 Å². The molecule has 252 valence electrons. The van der Waals surface area contributed by atoms with Crippen LogP contribution in [0.15, 0.2) is 36.4 Å². The second-order valence-corrected chi connectivity index (χ2v) is 13.6. The van der Waals surface area contributed by atoms with Crippen LogP contribution in [0.5, 0.6) is 0 Å². The molecule has 3 aliphatic rings. The van der Waals surface area contributed by atoms with Gasteiger partial charge in [-0.25, -0.2) is 19.7 Å². The average Bonchev–Trinajstić information content (AvgIpc) is 3.73. The Balaban J connectivity index is 1.27. The Labute approximate surface area is 275 Å². The lowest BCUT2D eigenvalue weighted by Gasteiger charge is -2.36. The van der Waals surface area contributed by atoms with Gasteiger partial charge >= 0.3 is 6.17 Å². The van der Waals surface area contributed by atoms with Gasteiger partial charge in [-0.1, -0.05) is 51.3 Å². The van der Waals surface area contributed by atoms with Crippen molar-refractivity contribution in [3.8, 4) is 0 Å². The Hall–Kier alpha value is -4.86. The highest BCUT2D eigenvalue weighted by molar-refractivity contribution is 6.07. The molecule has 2 aromatic carbocycles. The molecule has 1 aromatic heterocycles. The van der Waals surface area contributed by atoms with Gasteiger partial charge in [0, 0.05) is 30.7 Å². The van der Waals surface area contributed by atoms with Gasteiger partial charge in [-0.15, -0.1) is 0 Å². The van der Waals surface area contributed by atoms with Crippen LogP contribution in [-0.4, -0.2) is 70.3 Å². The van der Waals surface area contributed by atoms with Gasteiger partial charge in [-0.3, -0.25) is 28.9 Å². The maximum absolute atomic E-state index is 14.4. The van der Waals surface area contributed by atoms with Crippen molar-refractivity contribution in [2.24, 2.45) is 11.8 Å². The van der Waals surface area contributed by atoms with Gasteiger partial charge < -0.3 is 20.5 Å². The summed E-state index contributed by atoms with van der Waals surface area (Å²) in [6.07, 6.45) is 2.41. The molecule has 13 heteroatoms. The zero-order valence-corrected chi connectivity index (χ0v) is 26.9. The summed E-state index contributed by atoms with van der Waals surface area (Å²) in [5.41, 5.74) is -0.474. The molecule has 0 radical (unpaired) electrons. The van der Waals surface area contributed by atoms with Gasteiger partial charge in [0.2, 0.25) is 11.8 Å². The van der Waals surface area contributed by atoms with Crippen molar-refractivity contribution in [1.82, 2.24) is 20.1 Å². The Morgan fingerprint density at radius 3 is 2.54 bits per heavy atom. The molecule has 1 aliphatic carbocycles. The van der Waals surface area contributed by atoms with Crippen LogP contribution >= 0.6 is 0 Å². The number of likely N-dealkylation sites (N-methyl/N-ethyl adjacent to an activating group) is 1. The molecule has 1 saturated heterocycles. The monoisotopic (exact) mass is 662 g/mol. The maximum atomic E-state index is 14.4. The summed E-state index contributed by atoms with van der Waals surface area (Å²) >= 11 is 0. The summed E-state index contributed by atoms with van der Waals surface area (Å²) in [4.78, 5) is 64.1. The van der Waals surface area contributed by atoms with Crippen molar-refractivity contribution in [2.75, 3.05) is 18.9 Å². The Kier molecular flexibility index (Phi) is 8.70. The molecule has 6 rings (SSSR count). The first-order chi connectivity index (χ1) is 22.8. The summed E-state index contributed by atoms with van der Waals surface area (Å²) in [6, 6.07) is 6.59. The third-order valence-corrected chi connectivity index (χ3v) is 10.1. The van der Waals surface area contributed by atoms with Crippen LogP contribution in [0.1, 0.15) is 68.4 Å². The highest BCUT2D eigenvalue weighted by Crippen LogP contribution is 2.47. The lowest BCUT2D eigenvalue weighted by molar-refractivity contribution is -0.146. The number of amides is 4. The molecule has 4 atom stereocenters. The molecule has 48 heavy (non-hydrogen) atoms. The van der Waals surface area contributed by atoms with E-state index < -0.39 is 64.4 Å². The predicted molar refractivity (Wildman–Crippen MR) is 171 cm³/mol. The van der Waals surface area contributed by atoms with Crippen LogP contribution in [0.3, 0.4) is 0 Å². The third-order valence-electron chi connectivity index (χ3n) is 10.1. The Morgan fingerprint density at radius 1 is 1.15 bits per heavy atom. The lowest BCUT2D eigenvalue weighted by atomic mass is 9.80. The number of nitrogens with one attached hydrogen (secondary N) is 3. The number of nitrogens with zero attached hydrogens (tertiary/aromatic N) is 3. The molecule has 1 saturated carbocycles. The van der Waals surface area contributed by atoms with Crippen molar-refractivity contribution in [2.45, 2.75) is 76.0 Å². The standard InChI is InChI=1S/C35H37F3N6O4/c1-18(2)12-27(33(47)44-17-35(16-28(44)39-3)21-10-5-6-11-24(21)42-34(35)48)43(4)32(46)26(13-19-8-7-9-19)41-31(45)25-14-20-22(36)15-23(37)29(38)30(20)40-25/h5-6,10-11,14-15,18-19,26-28,40H,7-9,12-13,16-17H2,1-2,4H3,(H,41,45)(H,42,48)/t26-,27-,28-,35-/m0/s1. The second-order valence-electron chi connectivity index (χ2n) is 13.6. The van der Waals surface area contributed by atoms with Crippen LogP contribution in [0.2, 0.25) is 0 Å². The number of aromatic amines is 1. The number of likely N-dealkylation sites (tertiary alicyclic amines) is 1. The van der Waals surface area contributed by atoms with Gasteiger partial charge in [0.15, 0.2) is 11.6 Å². The molecule has 2 aliphatic heterocycles. The van der Waals surface area contributed by atoms with Crippen molar-refractivity contribution >= 4 is 40.2 Å². The van der Waals surface area contributed by atoms with Crippen LogP contribution in [0, 0.1) is 35.9 Å². The van der Waals surface area contributed by atoms with E-state index in [0.717, 1.165) is 30.9 Å². The molecule has 3 aromatic rings. The minimum absolute atomic E-state index is 0.0192. The number of rotatable bonds is 9. The molecule has 3 N–H and O–H groups in total. The number of hydrogen-bond acceptors (Lipinski definition) is 4. The largest absolute Gasteiger partial charge is 0.348 e. The van der Waals surface area contributed by atoms with Crippen molar-refractivity contribution in [3.05, 3.63) is 76.5 Å². The SMILES string of the molecule is [C-]#[N+][C@@H]1C[C@@]2(CN1C(=O)[C@H](CC(C)C)N(C)C(=O)[C@H](CC1CCC1)NC(=O)c1cc3c(F)cc(F)c(F)c3[nH]1)C(=O)Nc1ccccc12. The fourth-order valence-corrected chi connectivity index (χ4v) is 7.25. The molecular formula is C35H37F3N6O4. The van der Waals surface area contributed by atoms with Crippen LogP contribution in [0.25, 0.3) is 15.7 Å². The third kappa shape index (κ3) is 5.67. The van der Waals surface area contributed by atoms with E-state index in [0.29, 0.717) is 11.8 Å². The summed E-state index contributed by atoms with van der Waals surface area (Å²) in [6.45, 7) is 11.7. The summed E-state index contributed by atoms with van der Waals surface area (Å²) < 4.78 is 42.6. The molecule has 0 bridgehead atoms. The summed E-state index contributed by atoms with van der Waals surface area (Å²) in [5, 5.41) is 5.27. The lowest BCUT2D eigenvalue weighted by Crippen LogP contribution is -2.56. The van der Waals surface area contributed by atoms with Gasteiger partial charge in [0.1, 0.15) is 29.0 Å². The minimum Gasteiger partial charge on any atom is -0.348 e. The van der Waals surface area contributed by atoms with Crippen molar-refractivity contribution < 1.29 is 32.3 Å². The summed E-state index contributed by atoms with van der Waals surface area (Å²) in [5.74, 6) is -5.77. The molecular weight excluding hydrogens is 625 g/mol. The van der Waals surface area contributed by atoms with E-state index in [1.165, 1.54) is 16.8 Å². The normalized spacial score (nSPS) is 21.5. The molecule has 4 amide bonds. The van der Waals surface area contributed by atoms with Gasteiger partial charge in [-0.05, 0) is 42.4 Å². The number of benzene rings is 2.